The van der Waals surface area contributed by atoms with Gasteiger partial charge in [0.05, 0.1) is 5.69 Å². The highest BCUT2D eigenvalue weighted by molar-refractivity contribution is 7.12. The largest absolute Gasteiger partial charge is 0.365 e. The standard InChI is InChI=1S/C8H10N4OS/c1-4-5(2)14-6(3)7(4)12-8(13)9-10-11-12/h1-3H3,(H,9,11,13). The third-order valence-corrected chi connectivity index (χ3v) is 3.32. The molecule has 2 aromatic rings. The third-order valence-electron chi connectivity index (χ3n) is 2.21. The van der Waals surface area contributed by atoms with Gasteiger partial charge in [0.2, 0.25) is 0 Å². The van der Waals surface area contributed by atoms with Crippen LogP contribution < -0.4 is 5.69 Å². The van der Waals surface area contributed by atoms with Crippen molar-refractivity contribution in [1.29, 1.82) is 0 Å². The molecule has 0 atom stereocenters. The van der Waals surface area contributed by atoms with E-state index in [0.29, 0.717) is 0 Å². The number of tetrazole rings is 1. The number of hydrogen-bond acceptors (Lipinski definition) is 4. The molecule has 0 fully saturated rings. The molecular formula is C8H10N4OS. The van der Waals surface area contributed by atoms with Crippen molar-refractivity contribution in [1.82, 2.24) is 20.2 Å². The van der Waals surface area contributed by atoms with E-state index >= 15 is 0 Å². The Morgan fingerprint density at radius 3 is 2.43 bits per heavy atom. The highest BCUT2D eigenvalue weighted by Gasteiger charge is 2.14. The van der Waals surface area contributed by atoms with E-state index < -0.39 is 0 Å². The first-order valence-corrected chi connectivity index (χ1v) is 5.00. The van der Waals surface area contributed by atoms with Gasteiger partial charge in [0.15, 0.2) is 0 Å². The maximum absolute atomic E-state index is 11.3. The first-order valence-electron chi connectivity index (χ1n) is 4.18. The average Bonchev–Trinajstić information content (AvgIpc) is 2.60. The molecule has 0 aliphatic rings. The molecule has 2 heterocycles. The zero-order chi connectivity index (χ0) is 10.3. The number of nitrogens with one attached hydrogen (secondary N) is 1. The van der Waals surface area contributed by atoms with E-state index in [-0.39, 0.29) is 5.69 Å². The molecule has 2 rings (SSSR count). The molecule has 0 unspecified atom stereocenters. The lowest BCUT2D eigenvalue weighted by atomic mass is 10.2. The highest BCUT2D eigenvalue weighted by Crippen LogP contribution is 2.28. The molecule has 0 aliphatic heterocycles. The lowest BCUT2D eigenvalue weighted by molar-refractivity contribution is 0.774. The van der Waals surface area contributed by atoms with Crippen LogP contribution in [0.2, 0.25) is 0 Å². The van der Waals surface area contributed by atoms with Gasteiger partial charge in [-0.2, -0.15) is 4.68 Å². The van der Waals surface area contributed by atoms with E-state index in [1.165, 1.54) is 9.56 Å². The Hall–Kier alpha value is -1.43. The Bertz CT molecular complexity index is 522. The highest BCUT2D eigenvalue weighted by atomic mass is 32.1. The van der Waals surface area contributed by atoms with Crippen LogP contribution in [0, 0.1) is 20.8 Å². The predicted molar refractivity (Wildman–Crippen MR) is 54.1 cm³/mol. The SMILES string of the molecule is Cc1sc(C)c(-n2nn[nH]c2=O)c1C. The normalized spacial score (nSPS) is 10.8. The minimum Gasteiger partial charge on any atom is -0.244 e. The number of aryl methyl sites for hydroxylation is 2. The van der Waals surface area contributed by atoms with Crippen LogP contribution in [0.25, 0.3) is 5.69 Å². The molecule has 0 saturated heterocycles. The molecule has 5 nitrogen and oxygen atoms in total. The van der Waals surface area contributed by atoms with Crippen molar-refractivity contribution in [2.75, 3.05) is 0 Å². The molecule has 2 aromatic heterocycles. The van der Waals surface area contributed by atoms with Crippen LogP contribution in [0.15, 0.2) is 4.79 Å². The number of rotatable bonds is 1. The van der Waals surface area contributed by atoms with Crippen LogP contribution in [0.3, 0.4) is 0 Å². The number of H-pyrrole nitrogens is 1. The quantitative estimate of drug-likeness (QED) is 0.762. The lowest BCUT2D eigenvalue weighted by Gasteiger charge is -1.98. The van der Waals surface area contributed by atoms with Crippen molar-refractivity contribution in [2.45, 2.75) is 20.8 Å². The van der Waals surface area contributed by atoms with E-state index in [9.17, 15) is 4.79 Å². The summed E-state index contributed by atoms with van der Waals surface area (Å²) in [6, 6.07) is 0. The Morgan fingerprint density at radius 2 is 2.00 bits per heavy atom. The van der Waals surface area contributed by atoms with Gasteiger partial charge in [0.25, 0.3) is 0 Å². The third kappa shape index (κ3) is 1.19. The summed E-state index contributed by atoms with van der Waals surface area (Å²) in [4.78, 5) is 13.6. The fraction of sp³-hybridized carbons (Fsp3) is 0.375. The van der Waals surface area contributed by atoms with Crippen LogP contribution in [-0.2, 0) is 0 Å². The molecule has 0 spiro atoms. The van der Waals surface area contributed by atoms with Crippen LogP contribution in [0.4, 0.5) is 0 Å². The summed E-state index contributed by atoms with van der Waals surface area (Å²) >= 11 is 1.66. The van der Waals surface area contributed by atoms with Crippen molar-refractivity contribution in [3.8, 4) is 5.69 Å². The van der Waals surface area contributed by atoms with Gasteiger partial charge in [-0.25, -0.2) is 9.89 Å². The summed E-state index contributed by atoms with van der Waals surface area (Å²) < 4.78 is 1.30. The van der Waals surface area contributed by atoms with Gasteiger partial charge in [-0.05, 0) is 36.8 Å². The monoisotopic (exact) mass is 210 g/mol. The van der Waals surface area contributed by atoms with Crippen molar-refractivity contribution in [3.63, 3.8) is 0 Å². The molecule has 0 aliphatic carbocycles. The van der Waals surface area contributed by atoms with E-state index in [1.54, 1.807) is 11.3 Å². The number of thiophene rings is 1. The smallest absolute Gasteiger partial charge is 0.244 e. The predicted octanol–water partition coefficient (Wildman–Crippen LogP) is 0.942. The fourth-order valence-electron chi connectivity index (χ4n) is 1.44. The van der Waals surface area contributed by atoms with Gasteiger partial charge in [-0.3, -0.25) is 0 Å². The van der Waals surface area contributed by atoms with Gasteiger partial charge >= 0.3 is 5.69 Å². The Balaban J connectivity index is 2.74. The number of hydrogen-bond donors (Lipinski definition) is 1. The summed E-state index contributed by atoms with van der Waals surface area (Å²) in [5.74, 6) is 0. The summed E-state index contributed by atoms with van der Waals surface area (Å²) in [5, 5.41) is 9.48. The minimum atomic E-state index is -0.297. The van der Waals surface area contributed by atoms with Crippen molar-refractivity contribution >= 4 is 11.3 Å². The second-order valence-electron chi connectivity index (χ2n) is 3.11. The molecule has 0 amide bonds. The molecular weight excluding hydrogens is 200 g/mol. The molecule has 0 bridgehead atoms. The average molecular weight is 210 g/mol. The zero-order valence-electron chi connectivity index (χ0n) is 8.16. The molecule has 6 heteroatoms. The second-order valence-corrected chi connectivity index (χ2v) is 4.54. The van der Waals surface area contributed by atoms with Crippen LogP contribution >= 0.6 is 11.3 Å². The first kappa shape index (κ1) is 9.14. The second kappa shape index (κ2) is 3.06. The fourth-order valence-corrected chi connectivity index (χ4v) is 2.48. The van der Waals surface area contributed by atoms with Gasteiger partial charge in [0.1, 0.15) is 0 Å². The first-order chi connectivity index (χ1) is 6.61. The zero-order valence-corrected chi connectivity index (χ0v) is 8.97. The van der Waals surface area contributed by atoms with Crippen molar-refractivity contribution in [2.24, 2.45) is 0 Å². The Kier molecular flexibility index (Phi) is 1.99. The molecule has 0 aromatic carbocycles. The molecule has 0 saturated carbocycles. The van der Waals surface area contributed by atoms with Gasteiger partial charge < -0.3 is 0 Å². The number of aromatic nitrogens is 4. The van der Waals surface area contributed by atoms with Crippen molar-refractivity contribution in [3.05, 3.63) is 25.8 Å². The van der Waals surface area contributed by atoms with E-state index in [4.69, 9.17) is 0 Å². The summed E-state index contributed by atoms with van der Waals surface area (Å²) in [5.41, 5.74) is 1.64. The Labute approximate surface area is 84.4 Å². The van der Waals surface area contributed by atoms with Gasteiger partial charge in [-0.1, -0.05) is 0 Å². The minimum absolute atomic E-state index is 0.297. The summed E-state index contributed by atoms with van der Waals surface area (Å²) in [6.45, 7) is 5.98. The van der Waals surface area contributed by atoms with E-state index in [0.717, 1.165) is 16.1 Å². The van der Waals surface area contributed by atoms with Gasteiger partial charge in [0, 0.05) is 9.75 Å². The lowest BCUT2D eigenvalue weighted by Crippen LogP contribution is -2.17. The maximum atomic E-state index is 11.3. The molecule has 14 heavy (non-hydrogen) atoms. The number of nitrogens with zero attached hydrogens (tertiary/aromatic N) is 3. The Morgan fingerprint density at radius 1 is 1.29 bits per heavy atom. The summed E-state index contributed by atoms with van der Waals surface area (Å²) in [6.07, 6.45) is 0. The topological polar surface area (TPSA) is 63.6 Å². The molecule has 74 valence electrons. The van der Waals surface area contributed by atoms with Crippen LogP contribution in [0.5, 0.6) is 0 Å². The number of aromatic amines is 1. The molecule has 0 radical (unpaired) electrons. The van der Waals surface area contributed by atoms with Crippen LogP contribution in [-0.4, -0.2) is 20.2 Å². The van der Waals surface area contributed by atoms with E-state index in [1.807, 2.05) is 20.8 Å². The van der Waals surface area contributed by atoms with Crippen molar-refractivity contribution < 1.29 is 0 Å². The maximum Gasteiger partial charge on any atom is 0.365 e. The summed E-state index contributed by atoms with van der Waals surface area (Å²) in [7, 11) is 0. The van der Waals surface area contributed by atoms with Gasteiger partial charge in [-0.15, -0.1) is 11.3 Å². The van der Waals surface area contributed by atoms with Crippen LogP contribution in [0.1, 0.15) is 15.3 Å². The van der Waals surface area contributed by atoms with E-state index in [2.05, 4.69) is 15.5 Å². The molecule has 1 N–H and O–H groups in total.